The van der Waals surface area contributed by atoms with Gasteiger partial charge in [0.15, 0.2) is 0 Å². The first-order chi connectivity index (χ1) is 15.9. The first kappa shape index (κ1) is 24.4. The average Bonchev–Trinajstić information content (AvgIpc) is 3.24. The predicted octanol–water partition coefficient (Wildman–Crippen LogP) is 8.06. The lowest BCUT2D eigenvalue weighted by atomic mass is 10.2. The number of allylic oxidation sites excluding steroid dienone is 2. The van der Waals surface area contributed by atoms with Crippen molar-refractivity contribution in [1.29, 1.82) is 0 Å². The SMILES string of the molecule is CCN1C(=C/C=C/C2N(CC)c3cc(Cl)c(Cl)cc3N2CC)N(CC)c2cc(Cl)c(Cl)cc21. The molecule has 2 aliphatic rings. The molecule has 2 heterocycles. The molecule has 0 atom stereocenters. The lowest BCUT2D eigenvalue weighted by Crippen LogP contribution is -2.41. The number of hydrogen-bond acceptors (Lipinski definition) is 4. The molecule has 0 fully saturated rings. The van der Waals surface area contributed by atoms with Crippen LogP contribution in [0.5, 0.6) is 0 Å². The molecule has 0 radical (unpaired) electrons. The Labute approximate surface area is 216 Å². The minimum Gasteiger partial charge on any atom is -0.346 e. The summed E-state index contributed by atoms with van der Waals surface area (Å²) in [4.78, 5) is 9.22. The van der Waals surface area contributed by atoms with Crippen molar-refractivity contribution in [3.63, 3.8) is 0 Å². The lowest BCUT2D eigenvalue weighted by molar-refractivity contribution is 0.694. The monoisotopic (exact) mass is 524 g/mol. The van der Waals surface area contributed by atoms with E-state index in [-0.39, 0.29) is 6.17 Å². The molecular weight excluding hydrogens is 498 g/mol. The summed E-state index contributed by atoms with van der Waals surface area (Å²) in [5.41, 5.74) is 4.38. The second-order valence-corrected chi connectivity index (χ2v) is 9.52. The molecule has 0 unspecified atom stereocenters. The van der Waals surface area contributed by atoms with E-state index < -0.39 is 0 Å². The van der Waals surface area contributed by atoms with Crippen molar-refractivity contribution in [2.45, 2.75) is 33.9 Å². The van der Waals surface area contributed by atoms with Gasteiger partial charge in [-0.25, -0.2) is 0 Å². The van der Waals surface area contributed by atoms with Gasteiger partial charge in [0.05, 0.1) is 42.8 Å². The van der Waals surface area contributed by atoms with Crippen LogP contribution in [0.15, 0.2) is 48.3 Å². The summed E-state index contributed by atoms with van der Waals surface area (Å²) < 4.78 is 0. The van der Waals surface area contributed by atoms with Gasteiger partial charge < -0.3 is 19.6 Å². The molecule has 33 heavy (non-hydrogen) atoms. The molecule has 0 N–H and O–H groups in total. The smallest absolute Gasteiger partial charge is 0.121 e. The van der Waals surface area contributed by atoms with E-state index in [0.717, 1.165) is 54.7 Å². The standard InChI is InChI=1S/C25H28Cl4N4/c1-5-30-20-12-16(26)17(27)13-21(20)31(6-2)24(30)10-9-11-25-32(7-3)22-14-18(28)19(29)15-23(22)33(25)8-4/h9-15,24H,5-8H2,1-4H3/b10-9+. The van der Waals surface area contributed by atoms with Gasteiger partial charge >= 0.3 is 0 Å². The van der Waals surface area contributed by atoms with Crippen molar-refractivity contribution in [1.82, 2.24) is 0 Å². The van der Waals surface area contributed by atoms with Gasteiger partial charge in [-0.1, -0.05) is 52.5 Å². The van der Waals surface area contributed by atoms with Crippen LogP contribution in [-0.4, -0.2) is 32.3 Å². The summed E-state index contributed by atoms with van der Waals surface area (Å²) in [6, 6.07) is 7.84. The van der Waals surface area contributed by atoms with Crippen LogP contribution in [0.2, 0.25) is 20.1 Å². The number of anilines is 4. The molecule has 2 aromatic rings. The Morgan fingerprint density at radius 3 is 1.39 bits per heavy atom. The van der Waals surface area contributed by atoms with E-state index in [1.165, 1.54) is 0 Å². The zero-order valence-corrected chi connectivity index (χ0v) is 22.3. The second kappa shape index (κ2) is 9.87. The molecular formula is C25H28Cl4N4. The molecule has 0 spiro atoms. The van der Waals surface area contributed by atoms with Gasteiger partial charge in [-0.15, -0.1) is 0 Å². The Kier molecular flexibility index (Phi) is 7.30. The topological polar surface area (TPSA) is 13.0 Å². The summed E-state index contributed by atoms with van der Waals surface area (Å²) in [6.45, 7) is 12.0. The van der Waals surface area contributed by atoms with Crippen molar-refractivity contribution in [3.8, 4) is 0 Å². The highest BCUT2D eigenvalue weighted by Gasteiger charge is 2.34. The Bertz CT molecular complexity index is 1040. The Morgan fingerprint density at radius 2 is 1.03 bits per heavy atom. The molecule has 2 aromatic carbocycles. The van der Waals surface area contributed by atoms with Gasteiger partial charge in [-0.2, -0.15) is 0 Å². The number of rotatable bonds is 6. The first-order valence-electron chi connectivity index (χ1n) is 11.3. The third kappa shape index (κ3) is 4.16. The van der Waals surface area contributed by atoms with Crippen LogP contribution >= 0.6 is 46.4 Å². The van der Waals surface area contributed by atoms with E-state index >= 15 is 0 Å². The average molecular weight is 526 g/mol. The number of likely N-dealkylation sites (N-methyl/N-ethyl adjacent to an activating group) is 2. The minimum absolute atomic E-state index is 0.0826. The quantitative estimate of drug-likeness (QED) is 0.378. The van der Waals surface area contributed by atoms with E-state index in [9.17, 15) is 0 Å². The maximum absolute atomic E-state index is 6.34. The van der Waals surface area contributed by atoms with Gasteiger partial charge in [0, 0.05) is 26.2 Å². The summed E-state index contributed by atoms with van der Waals surface area (Å²) in [7, 11) is 0. The fraction of sp³-hybridized carbons (Fsp3) is 0.360. The van der Waals surface area contributed by atoms with Crippen LogP contribution in [-0.2, 0) is 0 Å². The van der Waals surface area contributed by atoms with E-state index in [2.05, 4.69) is 65.5 Å². The van der Waals surface area contributed by atoms with Gasteiger partial charge in [0.2, 0.25) is 0 Å². The maximum atomic E-state index is 6.34. The molecule has 4 nitrogen and oxygen atoms in total. The van der Waals surface area contributed by atoms with Crippen LogP contribution < -0.4 is 19.6 Å². The highest BCUT2D eigenvalue weighted by Crippen LogP contribution is 2.46. The Balaban J connectivity index is 1.69. The highest BCUT2D eigenvalue weighted by atomic mass is 35.5. The lowest BCUT2D eigenvalue weighted by Gasteiger charge is -2.29. The van der Waals surface area contributed by atoms with Gasteiger partial charge in [-0.3, -0.25) is 0 Å². The molecule has 176 valence electrons. The Hall–Kier alpha value is -1.72. The number of benzene rings is 2. The summed E-state index contributed by atoms with van der Waals surface area (Å²) >= 11 is 25.3. The summed E-state index contributed by atoms with van der Waals surface area (Å²) in [5.74, 6) is 1.11. The van der Waals surface area contributed by atoms with Gasteiger partial charge in [-0.05, 0) is 64.1 Å². The maximum Gasteiger partial charge on any atom is 0.121 e. The van der Waals surface area contributed by atoms with Gasteiger partial charge in [0.25, 0.3) is 0 Å². The molecule has 0 aliphatic carbocycles. The van der Waals surface area contributed by atoms with Crippen molar-refractivity contribution in [2.75, 3.05) is 45.8 Å². The zero-order chi connectivity index (χ0) is 23.9. The number of halogens is 4. The summed E-state index contributed by atoms with van der Waals surface area (Å²) in [5, 5.41) is 2.30. The van der Waals surface area contributed by atoms with Crippen molar-refractivity contribution >= 4 is 69.2 Å². The van der Waals surface area contributed by atoms with Crippen LogP contribution in [0.4, 0.5) is 22.7 Å². The van der Waals surface area contributed by atoms with Crippen molar-refractivity contribution in [3.05, 3.63) is 68.4 Å². The van der Waals surface area contributed by atoms with Gasteiger partial charge in [0.1, 0.15) is 12.0 Å². The molecule has 0 aromatic heterocycles. The van der Waals surface area contributed by atoms with Crippen LogP contribution in [0, 0.1) is 0 Å². The normalized spacial score (nSPS) is 15.8. The fourth-order valence-corrected chi connectivity index (χ4v) is 5.43. The van der Waals surface area contributed by atoms with Crippen LogP contribution in [0.3, 0.4) is 0 Å². The predicted molar refractivity (Wildman–Crippen MR) is 146 cm³/mol. The third-order valence-electron chi connectivity index (χ3n) is 6.27. The fourth-order valence-electron chi connectivity index (χ4n) is 4.80. The number of nitrogens with zero attached hydrogens (tertiary/aromatic N) is 4. The van der Waals surface area contributed by atoms with E-state index in [1.54, 1.807) is 0 Å². The largest absolute Gasteiger partial charge is 0.346 e. The molecule has 0 bridgehead atoms. The van der Waals surface area contributed by atoms with E-state index in [1.807, 2.05) is 24.3 Å². The minimum atomic E-state index is 0.0826. The Morgan fingerprint density at radius 1 is 0.636 bits per heavy atom. The molecule has 0 saturated carbocycles. The molecule has 4 rings (SSSR count). The van der Waals surface area contributed by atoms with Crippen molar-refractivity contribution in [2.24, 2.45) is 0 Å². The first-order valence-corrected chi connectivity index (χ1v) is 12.8. The molecule has 0 saturated heterocycles. The highest BCUT2D eigenvalue weighted by molar-refractivity contribution is 6.43. The van der Waals surface area contributed by atoms with Crippen LogP contribution in [0.1, 0.15) is 27.7 Å². The number of fused-ring (bicyclic) bond motifs is 2. The molecule has 2 aliphatic heterocycles. The number of hydrogen-bond donors (Lipinski definition) is 0. The molecule has 0 amide bonds. The van der Waals surface area contributed by atoms with E-state index in [4.69, 9.17) is 46.4 Å². The van der Waals surface area contributed by atoms with Crippen molar-refractivity contribution < 1.29 is 0 Å². The zero-order valence-electron chi connectivity index (χ0n) is 19.2. The third-order valence-corrected chi connectivity index (χ3v) is 7.71. The second-order valence-electron chi connectivity index (χ2n) is 7.89. The summed E-state index contributed by atoms with van der Waals surface area (Å²) in [6.07, 6.45) is 6.62. The van der Waals surface area contributed by atoms with Crippen LogP contribution in [0.25, 0.3) is 0 Å². The molecule has 8 heteroatoms. The van der Waals surface area contributed by atoms with E-state index in [0.29, 0.717) is 20.1 Å².